The lowest BCUT2D eigenvalue weighted by Gasteiger charge is -2.18. The van der Waals surface area contributed by atoms with Gasteiger partial charge in [0.2, 0.25) is 5.88 Å². The number of amides is 1. The Bertz CT molecular complexity index is 784. The fraction of sp³-hybridized carbons (Fsp3) is 0.421. The predicted molar refractivity (Wildman–Crippen MR) is 100 cm³/mol. The van der Waals surface area contributed by atoms with Crippen molar-refractivity contribution in [2.45, 2.75) is 12.5 Å². The Kier molecular flexibility index (Phi) is 5.95. The van der Waals surface area contributed by atoms with Gasteiger partial charge in [-0.3, -0.25) is 9.78 Å². The number of para-hydroxylation sites is 2. The highest BCUT2D eigenvalue weighted by Gasteiger charge is 2.28. The molecule has 1 aromatic heterocycles. The van der Waals surface area contributed by atoms with E-state index >= 15 is 0 Å². The van der Waals surface area contributed by atoms with Gasteiger partial charge in [0.1, 0.15) is 6.10 Å². The maximum atomic E-state index is 12.4. The van der Waals surface area contributed by atoms with Crippen molar-refractivity contribution in [2.24, 2.45) is 0 Å². The van der Waals surface area contributed by atoms with Crippen molar-refractivity contribution in [3.8, 4) is 17.4 Å². The maximum Gasteiger partial charge on any atom is 0.260 e. The summed E-state index contributed by atoms with van der Waals surface area (Å²) in [4.78, 5) is 24.6. The summed E-state index contributed by atoms with van der Waals surface area (Å²) in [7, 11) is 5.36. The van der Waals surface area contributed by atoms with E-state index in [0.717, 1.165) is 12.2 Å². The second-order valence-corrected chi connectivity index (χ2v) is 6.42. The Morgan fingerprint density at radius 2 is 2.04 bits per heavy atom. The van der Waals surface area contributed by atoms with Crippen LogP contribution in [0.4, 0.5) is 5.82 Å². The molecule has 1 saturated heterocycles. The van der Waals surface area contributed by atoms with E-state index < -0.39 is 0 Å². The number of rotatable bonds is 7. The molecule has 8 heteroatoms. The van der Waals surface area contributed by atoms with Gasteiger partial charge in [-0.1, -0.05) is 12.1 Å². The fourth-order valence-electron chi connectivity index (χ4n) is 2.80. The number of carbonyl (C=O) groups excluding carboxylic acids is 1. The molecule has 8 nitrogen and oxygen atoms in total. The van der Waals surface area contributed by atoms with Gasteiger partial charge in [0.25, 0.3) is 5.91 Å². The van der Waals surface area contributed by atoms with E-state index in [9.17, 15) is 4.79 Å². The largest absolute Gasteiger partial charge is 0.493 e. The van der Waals surface area contributed by atoms with Crippen LogP contribution in [0.1, 0.15) is 6.42 Å². The highest BCUT2D eigenvalue weighted by atomic mass is 16.5. The van der Waals surface area contributed by atoms with Gasteiger partial charge in [0.15, 0.2) is 23.9 Å². The molecular formula is C19H24N4O4. The van der Waals surface area contributed by atoms with Gasteiger partial charge in [-0.15, -0.1) is 0 Å². The first-order valence-electron chi connectivity index (χ1n) is 8.76. The van der Waals surface area contributed by atoms with Crippen LogP contribution in [0.25, 0.3) is 0 Å². The van der Waals surface area contributed by atoms with Crippen molar-refractivity contribution in [1.29, 1.82) is 0 Å². The molecule has 1 fully saturated rings. The molecule has 1 amide bonds. The Hall–Kier alpha value is -3.03. The average Bonchev–Trinajstić information content (AvgIpc) is 3.15. The zero-order valence-corrected chi connectivity index (χ0v) is 15.8. The van der Waals surface area contributed by atoms with Crippen molar-refractivity contribution < 1.29 is 19.0 Å². The van der Waals surface area contributed by atoms with Crippen LogP contribution in [0.2, 0.25) is 0 Å². The summed E-state index contributed by atoms with van der Waals surface area (Å²) in [5.41, 5.74) is 0. The molecule has 1 atom stereocenters. The van der Waals surface area contributed by atoms with Crippen molar-refractivity contribution in [3.63, 3.8) is 0 Å². The van der Waals surface area contributed by atoms with Crippen LogP contribution in [0, 0.1) is 0 Å². The van der Waals surface area contributed by atoms with Gasteiger partial charge >= 0.3 is 0 Å². The Balaban J connectivity index is 1.51. The van der Waals surface area contributed by atoms with E-state index in [4.69, 9.17) is 14.2 Å². The number of nitrogens with zero attached hydrogens (tertiary/aromatic N) is 4. The standard InChI is InChI=1S/C19H24N4O4/c1-22(2)17-10-20-11-18(21-17)27-14-8-9-23(12-14)19(24)13-26-16-7-5-4-6-15(16)25-3/h4-7,10-11,14H,8-9,12-13H2,1-3H3. The van der Waals surface area contributed by atoms with E-state index in [1.54, 1.807) is 36.5 Å². The van der Waals surface area contributed by atoms with Gasteiger partial charge in [0.05, 0.1) is 26.0 Å². The minimum absolute atomic E-state index is 0.0387. The molecule has 0 aliphatic carbocycles. The van der Waals surface area contributed by atoms with Crippen LogP contribution in [0.5, 0.6) is 17.4 Å². The molecule has 144 valence electrons. The number of anilines is 1. The smallest absolute Gasteiger partial charge is 0.260 e. The zero-order chi connectivity index (χ0) is 19.2. The number of hydrogen-bond acceptors (Lipinski definition) is 7. The van der Waals surface area contributed by atoms with Crippen LogP contribution in [0.3, 0.4) is 0 Å². The van der Waals surface area contributed by atoms with Gasteiger partial charge in [-0.05, 0) is 12.1 Å². The Morgan fingerprint density at radius 3 is 2.78 bits per heavy atom. The predicted octanol–water partition coefficient (Wildman–Crippen LogP) is 1.61. The molecule has 1 aromatic carbocycles. The molecule has 2 heterocycles. The van der Waals surface area contributed by atoms with Crippen LogP contribution in [-0.4, -0.2) is 67.8 Å². The maximum absolute atomic E-state index is 12.4. The molecule has 0 saturated carbocycles. The first-order chi connectivity index (χ1) is 13.1. The van der Waals surface area contributed by atoms with Gasteiger partial charge < -0.3 is 24.0 Å². The molecule has 3 rings (SSSR count). The lowest BCUT2D eigenvalue weighted by molar-refractivity contribution is -0.132. The van der Waals surface area contributed by atoms with Crippen molar-refractivity contribution in [1.82, 2.24) is 14.9 Å². The second-order valence-electron chi connectivity index (χ2n) is 6.42. The Morgan fingerprint density at radius 1 is 1.26 bits per heavy atom. The zero-order valence-electron chi connectivity index (χ0n) is 15.8. The van der Waals surface area contributed by atoms with Crippen molar-refractivity contribution >= 4 is 11.7 Å². The molecule has 0 N–H and O–H groups in total. The molecule has 0 bridgehead atoms. The number of benzene rings is 1. The second kappa shape index (κ2) is 8.57. The number of carbonyl (C=O) groups is 1. The summed E-state index contributed by atoms with van der Waals surface area (Å²) in [6.07, 6.45) is 3.90. The van der Waals surface area contributed by atoms with Gasteiger partial charge in [0, 0.05) is 27.1 Å². The molecule has 0 radical (unpaired) electrons. The summed E-state index contributed by atoms with van der Waals surface area (Å²) >= 11 is 0. The Labute approximate surface area is 158 Å². The lowest BCUT2D eigenvalue weighted by Crippen LogP contribution is -2.34. The van der Waals surface area contributed by atoms with Crippen LogP contribution in [0.15, 0.2) is 36.7 Å². The normalized spacial score (nSPS) is 16.1. The molecule has 1 aliphatic heterocycles. The van der Waals surface area contributed by atoms with E-state index in [2.05, 4.69) is 9.97 Å². The first kappa shape index (κ1) is 18.8. The number of likely N-dealkylation sites (tertiary alicyclic amines) is 1. The van der Waals surface area contributed by atoms with Crippen molar-refractivity contribution in [3.05, 3.63) is 36.7 Å². The van der Waals surface area contributed by atoms with E-state index in [1.165, 1.54) is 0 Å². The summed E-state index contributed by atoms with van der Waals surface area (Å²) in [6.45, 7) is 1.09. The third-order valence-electron chi connectivity index (χ3n) is 4.26. The van der Waals surface area contributed by atoms with E-state index in [-0.39, 0.29) is 18.6 Å². The highest BCUT2D eigenvalue weighted by molar-refractivity contribution is 5.78. The molecule has 1 unspecified atom stereocenters. The monoisotopic (exact) mass is 372 g/mol. The van der Waals surface area contributed by atoms with Gasteiger partial charge in [-0.25, -0.2) is 0 Å². The summed E-state index contributed by atoms with van der Waals surface area (Å²) in [5, 5.41) is 0. The first-order valence-corrected chi connectivity index (χ1v) is 8.76. The molecule has 0 spiro atoms. The fourth-order valence-corrected chi connectivity index (χ4v) is 2.80. The van der Waals surface area contributed by atoms with Crippen LogP contribution in [-0.2, 0) is 4.79 Å². The van der Waals surface area contributed by atoms with E-state index in [0.29, 0.717) is 30.5 Å². The third-order valence-corrected chi connectivity index (χ3v) is 4.26. The topological polar surface area (TPSA) is 77.0 Å². The number of aromatic nitrogens is 2. The summed E-state index contributed by atoms with van der Waals surface area (Å²) in [5.74, 6) is 2.26. The molecule has 1 aliphatic rings. The highest BCUT2D eigenvalue weighted by Crippen LogP contribution is 2.26. The van der Waals surface area contributed by atoms with Crippen molar-refractivity contribution in [2.75, 3.05) is 45.8 Å². The number of hydrogen-bond donors (Lipinski definition) is 0. The lowest BCUT2D eigenvalue weighted by atomic mass is 10.3. The SMILES string of the molecule is COc1ccccc1OCC(=O)N1CCC(Oc2cncc(N(C)C)n2)C1. The quantitative estimate of drug-likeness (QED) is 0.731. The molecular weight excluding hydrogens is 348 g/mol. The molecule has 2 aromatic rings. The molecule has 27 heavy (non-hydrogen) atoms. The van der Waals surface area contributed by atoms with Crippen LogP contribution < -0.4 is 19.1 Å². The minimum Gasteiger partial charge on any atom is -0.493 e. The minimum atomic E-state index is -0.105. The summed E-state index contributed by atoms with van der Waals surface area (Å²) < 4.78 is 16.7. The third kappa shape index (κ3) is 4.78. The average molecular weight is 372 g/mol. The van der Waals surface area contributed by atoms with E-state index in [1.807, 2.05) is 31.1 Å². The number of methoxy groups -OCH3 is 1. The van der Waals surface area contributed by atoms with Crippen LogP contribution >= 0.6 is 0 Å². The summed E-state index contributed by atoms with van der Waals surface area (Å²) in [6, 6.07) is 7.26. The van der Waals surface area contributed by atoms with Gasteiger partial charge in [-0.2, -0.15) is 4.98 Å². The number of ether oxygens (including phenoxy) is 3.